The molecule has 3 nitrogen and oxygen atoms in total. The van der Waals surface area contributed by atoms with Gasteiger partial charge in [0, 0.05) is 22.1 Å². The van der Waals surface area contributed by atoms with Gasteiger partial charge in [0.1, 0.15) is 5.70 Å². The van der Waals surface area contributed by atoms with Gasteiger partial charge in [0.05, 0.1) is 10.6 Å². The van der Waals surface area contributed by atoms with Crippen LogP contribution in [0, 0.1) is 17.8 Å². The number of fused-ring (bicyclic) bond motifs is 1. The average Bonchev–Trinajstić information content (AvgIpc) is 3.18. The van der Waals surface area contributed by atoms with Crippen LogP contribution in [0.5, 0.6) is 0 Å². The summed E-state index contributed by atoms with van der Waals surface area (Å²) in [6.07, 6.45) is 4.05. The summed E-state index contributed by atoms with van der Waals surface area (Å²) < 4.78 is 0. The molecular formula is C30H32N2OS. The number of benzene rings is 2. The van der Waals surface area contributed by atoms with Crippen molar-refractivity contribution in [2.24, 2.45) is 21.1 Å². The van der Waals surface area contributed by atoms with Crippen LogP contribution >= 0.6 is 11.3 Å². The quantitative estimate of drug-likeness (QED) is 0.353. The number of carbonyl (C=O) groups is 1. The van der Waals surface area contributed by atoms with Crippen LogP contribution in [-0.4, -0.2) is 5.78 Å². The van der Waals surface area contributed by atoms with E-state index < -0.39 is 0 Å². The Bertz CT molecular complexity index is 1350. The number of hydrogen-bond donors (Lipinski definition) is 0. The Morgan fingerprint density at radius 2 is 1.41 bits per heavy atom. The molecule has 0 fully saturated rings. The van der Waals surface area contributed by atoms with Crippen molar-refractivity contribution in [2.45, 2.75) is 48.5 Å². The molecule has 1 heterocycles. The van der Waals surface area contributed by atoms with E-state index in [9.17, 15) is 4.79 Å². The van der Waals surface area contributed by atoms with E-state index in [1.165, 1.54) is 5.39 Å². The van der Waals surface area contributed by atoms with Gasteiger partial charge >= 0.3 is 0 Å². The normalized spacial score (nSPS) is 15.1. The summed E-state index contributed by atoms with van der Waals surface area (Å²) in [6, 6.07) is 16.3. The molecule has 0 aliphatic heterocycles. The van der Waals surface area contributed by atoms with Crippen molar-refractivity contribution in [3.8, 4) is 0 Å². The van der Waals surface area contributed by atoms with E-state index >= 15 is 0 Å². The number of rotatable bonds is 3. The van der Waals surface area contributed by atoms with Crippen molar-refractivity contribution >= 4 is 39.3 Å². The van der Waals surface area contributed by atoms with Crippen LogP contribution in [0.2, 0.25) is 0 Å². The van der Waals surface area contributed by atoms with Crippen molar-refractivity contribution in [3.63, 3.8) is 0 Å². The third-order valence-electron chi connectivity index (χ3n) is 6.08. The van der Waals surface area contributed by atoms with E-state index in [0.29, 0.717) is 0 Å². The van der Waals surface area contributed by atoms with E-state index in [1.54, 1.807) is 11.3 Å². The molecule has 4 heteroatoms. The van der Waals surface area contributed by atoms with Gasteiger partial charge < -0.3 is 0 Å². The summed E-state index contributed by atoms with van der Waals surface area (Å²) >= 11 is 1.67. The van der Waals surface area contributed by atoms with Crippen molar-refractivity contribution < 1.29 is 4.79 Å². The zero-order valence-electron chi connectivity index (χ0n) is 21.1. The lowest BCUT2D eigenvalue weighted by atomic mass is 9.71. The van der Waals surface area contributed by atoms with Crippen molar-refractivity contribution in [1.82, 2.24) is 0 Å². The maximum absolute atomic E-state index is 13.5. The second kappa shape index (κ2) is 8.92. The van der Waals surface area contributed by atoms with Gasteiger partial charge in [-0.05, 0) is 52.3 Å². The monoisotopic (exact) mass is 468 g/mol. The van der Waals surface area contributed by atoms with Gasteiger partial charge in [-0.3, -0.25) is 4.79 Å². The van der Waals surface area contributed by atoms with Gasteiger partial charge in [-0.25, -0.2) is 0 Å². The van der Waals surface area contributed by atoms with Crippen molar-refractivity contribution in [1.29, 1.82) is 0 Å². The molecule has 0 spiro atoms. The third kappa shape index (κ3) is 4.74. The van der Waals surface area contributed by atoms with Crippen molar-refractivity contribution in [3.05, 3.63) is 93.2 Å². The molecule has 4 rings (SSSR count). The number of Topliss-reactive ketones (excluding diaryl/α,β-unsaturated/α-hetero) is 1. The average molecular weight is 469 g/mol. The standard InChI is InChI=1S/C30H32N2OS/c1-19-12-8-11-15-25(19)31-32-26(28-22-14-10-9-13-20(22)18-34-28)21-16-23(29(2,3)4)27(33)24(17-21)30(5,6)7/h8-18H,1-7H3. The summed E-state index contributed by atoms with van der Waals surface area (Å²) in [5, 5.41) is 14.0. The van der Waals surface area contributed by atoms with E-state index in [2.05, 4.69) is 76.3 Å². The molecular weight excluding hydrogens is 436 g/mol. The van der Waals surface area contributed by atoms with Gasteiger partial charge in [0.2, 0.25) is 0 Å². The largest absolute Gasteiger partial charge is 0.289 e. The number of aryl methyl sites for hydroxylation is 1. The minimum Gasteiger partial charge on any atom is -0.289 e. The first-order valence-electron chi connectivity index (χ1n) is 11.6. The predicted molar refractivity (Wildman–Crippen MR) is 145 cm³/mol. The number of thiophene rings is 1. The SMILES string of the molecule is Cc1ccccc1N=NC(=C1C=C(C(C)(C)C)C(=O)C(C(C)(C)C)=C1)c1scc2ccccc12. The van der Waals surface area contributed by atoms with Crippen LogP contribution in [0.25, 0.3) is 16.5 Å². The van der Waals surface area contributed by atoms with Gasteiger partial charge in [-0.2, -0.15) is 5.11 Å². The van der Waals surface area contributed by atoms with E-state index in [1.807, 2.05) is 43.3 Å². The van der Waals surface area contributed by atoms with Gasteiger partial charge in [0.15, 0.2) is 5.78 Å². The summed E-state index contributed by atoms with van der Waals surface area (Å²) in [5.74, 6) is 0.120. The van der Waals surface area contributed by atoms with Gasteiger partial charge in [0.25, 0.3) is 0 Å². The van der Waals surface area contributed by atoms with Crippen LogP contribution in [-0.2, 0) is 4.79 Å². The topological polar surface area (TPSA) is 41.8 Å². The third-order valence-corrected chi connectivity index (χ3v) is 7.10. The molecule has 2 aromatic carbocycles. The minimum atomic E-state index is -0.289. The molecule has 0 bridgehead atoms. The van der Waals surface area contributed by atoms with Crippen LogP contribution in [0.3, 0.4) is 0 Å². The van der Waals surface area contributed by atoms with Crippen LogP contribution < -0.4 is 0 Å². The van der Waals surface area contributed by atoms with E-state index in [-0.39, 0.29) is 16.6 Å². The number of nitrogens with zero attached hydrogens (tertiary/aromatic N) is 2. The molecule has 0 radical (unpaired) electrons. The molecule has 0 unspecified atom stereocenters. The van der Waals surface area contributed by atoms with E-state index in [4.69, 9.17) is 5.11 Å². The molecule has 1 aliphatic rings. The van der Waals surface area contributed by atoms with Gasteiger partial charge in [-0.1, -0.05) is 84.0 Å². The Kier molecular flexibility index (Phi) is 6.30. The second-order valence-electron chi connectivity index (χ2n) is 10.9. The highest BCUT2D eigenvalue weighted by Gasteiger charge is 2.35. The highest BCUT2D eigenvalue weighted by Crippen LogP contribution is 2.43. The molecule has 0 amide bonds. The Hall–Kier alpha value is -3.11. The second-order valence-corrected chi connectivity index (χ2v) is 11.8. The number of carbonyl (C=O) groups excluding carboxylic acids is 1. The summed E-state index contributed by atoms with van der Waals surface area (Å²) in [6.45, 7) is 14.6. The number of azo groups is 1. The highest BCUT2D eigenvalue weighted by molar-refractivity contribution is 7.12. The lowest BCUT2D eigenvalue weighted by Gasteiger charge is -2.31. The summed E-state index contributed by atoms with van der Waals surface area (Å²) in [4.78, 5) is 14.6. The molecule has 0 saturated carbocycles. The molecule has 1 aromatic heterocycles. The number of ketones is 1. The molecule has 0 saturated heterocycles. The Labute approximate surface area is 206 Å². The minimum absolute atomic E-state index is 0.120. The Morgan fingerprint density at radius 3 is 2.03 bits per heavy atom. The Morgan fingerprint density at radius 1 is 0.824 bits per heavy atom. The van der Waals surface area contributed by atoms with Crippen LogP contribution in [0.15, 0.2) is 93.0 Å². The molecule has 174 valence electrons. The fraction of sp³-hybridized carbons (Fsp3) is 0.300. The van der Waals surface area contributed by atoms with Crippen LogP contribution in [0.1, 0.15) is 52.0 Å². The molecule has 34 heavy (non-hydrogen) atoms. The Balaban J connectivity index is 2.03. The molecule has 1 aliphatic carbocycles. The first-order valence-corrected chi connectivity index (χ1v) is 12.5. The smallest absolute Gasteiger partial charge is 0.186 e. The van der Waals surface area contributed by atoms with Crippen LogP contribution in [0.4, 0.5) is 5.69 Å². The van der Waals surface area contributed by atoms with E-state index in [0.717, 1.165) is 43.9 Å². The fourth-order valence-electron chi connectivity index (χ4n) is 4.07. The highest BCUT2D eigenvalue weighted by atomic mass is 32.1. The fourth-order valence-corrected chi connectivity index (χ4v) is 5.10. The zero-order chi connectivity index (χ0) is 24.7. The molecule has 0 N–H and O–H groups in total. The first kappa shape index (κ1) is 24.0. The summed E-state index contributed by atoms with van der Waals surface area (Å²) in [5.41, 5.74) is 4.67. The first-order chi connectivity index (χ1) is 16.0. The van der Waals surface area contributed by atoms with Crippen molar-refractivity contribution in [2.75, 3.05) is 0 Å². The molecule has 0 atom stereocenters. The lowest BCUT2D eigenvalue weighted by molar-refractivity contribution is -0.114. The summed E-state index contributed by atoms with van der Waals surface area (Å²) in [7, 11) is 0. The zero-order valence-corrected chi connectivity index (χ0v) is 21.9. The predicted octanol–water partition coefficient (Wildman–Crippen LogP) is 9.23. The maximum Gasteiger partial charge on any atom is 0.186 e. The number of hydrogen-bond acceptors (Lipinski definition) is 4. The maximum atomic E-state index is 13.5. The number of allylic oxidation sites excluding steroid dienone is 5. The lowest BCUT2D eigenvalue weighted by Crippen LogP contribution is -2.28. The van der Waals surface area contributed by atoms with Gasteiger partial charge in [-0.15, -0.1) is 16.5 Å². The molecule has 3 aromatic rings.